The molecule has 3 aromatic rings. The van der Waals surface area contributed by atoms with Gasteiger partial charge >= 0.3 is 0 Å². The predicted molar refractivity (Wildman–Crippen MR) is 142 cm³/mol. The van der Waals surface area contributed by atoms with E-state index in [-0.39, 0.29) is 11.5 Å². The van der Waals surface area contributed by atoms with E-state index in [0.717, 1.165) is 16.9 Å². The summed E-state index contributed by atoms with van der Waals surface area (Å²) in [5.41, 5.74) is 2.53. The van der Waals surface area contributed by atoms with Gasteiger partial charge in [-0.15, -0.1) is 0 Å². The van der Waals surface area contributed by atoms with Gasteiger partial charge in [-0.25, -0.2) is 4.99 Å². The fourth-order valence-corrected chi connectivity index (χ4v) is 5.49. The molecule has 0 radical (unpaired) electrons. The maximum Gasteiger partial charge on any atom is 0.271 e. The van der Waals surface area contributed by atoms with Crippen LogP contribution in [0.2, 0.25) is 0 Å². The highest BCUT2D eigenvalue weighted by Crippen LogP contribution is 2.36. The van der Waals surface area contributed by atoms with Gasteiger partial charge in [0.2, 0.25) is 0 Å². The van der Waals surface area contributed by atoms with Crippen LogP contribution in [-0.4, -0.2) is 42.2 Å². The van der Waals surface area contributed by atoms with Crippen molar-refractivity contribution in [3.63, 3.8) is 0 Å². The predicted octanol–water partition coefficient (Wildman–Crippen LogP) is 3.51. The molecular formula is C28H31N3O4S. The minimum atomic E-state index is -0.645. The van der Waals surface area contributed by atoms with Gasteiger partial charge in [0, 0.05) is 18.7 Å². The van der Waals surface area contributed by atoms with Crippen LogP contribution in [0.4, 0.5) is 0 Å². The number of rotatable bonds is 8. The summed E-state index contributed by atoms with van der Waals surface area (Å²) in [6, 6.07) is 14.5. The van der Waals surface area contributed by atoms with Gasteiger partial charge in [-0.2, -0.15) is 0 Å². The molecule has 0 fully saturated rings. The number of hydrogen-bond acceptors (Lipinski definition) is 6. The highest BCUT2D eigenvalue weighted by molar-refractivity contribution is 7.07. The van der Waals surface area contributed by atoms with E-state index in [1.807, 2.05) is 82.3 Å². The second-order valence-electron chi connectivity index (χ2n) is 8.30. The fraction of sp³-hybridized carbons (Fsp3) is 0.321. The molecule has 2 heterocycles. The Bertz CT molecular complexity index is 1460. The summed E-state index contributed by atoms with van der Waals surface area (Å²) in [4.78, 5) is 34.6. The number of likely N-dealkylation sites (N-methyl/N-ethyl adjacent to an activating group) is 1. The zero-order chi connectivity index (χ0) is 25.8. The van der Waals surface area contributed by atoms with Crippen molar-refractivity contribution in [3.8, 4) is 11.5 Å². The molecule has 36 heavy (non-hydrogen) atoms. The van der Waals surface area contributed by atoms with Crippen LogP contribution in [0.15, 0.2) is 69.6 Å². The Kier molecular flexibility index (Phi) is 7.74. The van der Waals surface area contributed by atoms with Crippen molar-refractivity contribution < 1.29 is 14.3 Å². The van der Waals surface area contributed by atoms with Crippen molar-refractivity contribution in [2.24, 2.45) is 4.99 Å². The van der Waals surface area contributed by atoms with Gasteiger partial charge in [-0.05, 0) is 57.5 Å². The van der Waals surface area contributed by atoms with E-state index in [1.165, 1.54) is 11.3 Å². The van der Waals surface area contributed by atoms with E-state index in [2.05, 4.69) is 0 Å². The van der Waals surface area contributed by atoms with Gasteiger partial charge in [0.15, 0.2) is 4.80 Å². The molecule has 1 aliphatic heterocycles. The largest absolute Gasteiger partial charge is 0.496 e. The summed E-state index contributed by atoms with van der Waals surface area (Å²) >= 11 is 1.32. The number of para-hydroxylation sites is 1. The molecule has 0 unspecified atom stereocenters. The number of allylic oxidation sites excluding steroid dienone is 1. The standard InChI is InChI=1S/C28H31N3O4S/c1-6-30(7-2)27(33)24-18(4)29-28-31(25(24)21-11-9-10-12-22(21)34-5)26(32)23(36-28)17-19-13-15-20(16-14-19)35-8-3/h9-17,25H,6-8H2,1-5H3/b23-17+/t25-/m1/s1. The van der Waals surface area contributed by atoms with E-state index >= 15 is 0 Å². The van der Waals surface area contributed by atoms with Gasteiger partial charge < -0.3 is 14.4 Å². The molecule has 1 atom stereocenters. The molecule has 0 saturated carbocycles. The van der Waals surface area contributed by atoms with Gasteiger partial charge in [-0.1, -0.05) is 41.7 Å². The summed E-state index contributed by atoms with van der Waals surface area (Å²) in [7, 11) is 1.59. The second-order valence-corrected chi connectivity index (χ2v) is 9.31. The smallest absolute Gasteiger partial charge is 0.271 e. The number of amides is 1. The third-order valence-electron chi connectivity index (χ3n) is 6.23. The number of nitrogens with zero attached hydrogens (tertiary/aromatic N) is 3. The van der Waals surface area contributed by atoms with Crippen LogP contribution < -0.4 is 24.4 Å². The Morgan fingerprint density at radius 1 is 1.11 bits per heavy atom. The zero-order valence-electron chi connectivity index (χ0n) is 21.3. The summed E-state index contributed by atoms with van der Waals surface area (Å²) in [5, 5.41) is 0. The molecule has 4 rings (SSSR count). The Balaban J connectivity index is 1.93. The van der Waals surface area contributed by atoms with E-state index in [0.29, 0.717) is 46.0 Å². The van der Waals surface area contributed by atoms with Crippen LogP contribution >= 0.6 is 11.3 Å². The molecule has 7 nitrogen and oxygen atoms in total. The van der Waals surface area contributed by atoms with Crippen molar-refractivity contribution in [1.29, 1.82) is 0 Å². The molecule has 1 aromatic heterocycles. The van der Waals surface area contributed by atoms with Crippen LogP contribution in [0, 0.1) is 0 Å². The molecule has 2 aromatic carbocycles. The number of methoxy groups -OCH3 is 1. The SMILES string of the molecule is CCOc1ccc(/C=c2/sc3n(c2=O)[C@H](c2ccccc2OC)C(C(=O)N(CC)CC)=C(C)N=3)cc1. The Morgan fingerprint density at radius 3 is 2.44 bits per heavy atom. The van der Waals surface area contributed by atoms with Crippen molar-refractivity contribution in [1.82, 2.24) is 9.47 Å². The summed E-state index contributed by atoms with van der Waals surface area (Å²) in [6.07, 6.45) is 1.85. The minimum Gasteiger partial charge on any atom is -0.496 e. The number of hydrogen-bond donors (Lipinski definition) is 0. The molecule has 8 heteroatoms. The number of thiazole rings is 1. The van der Waals surface area contributed by atoms with E-state index in [9.17, 15) is 9.59 Å². The maximum atomic E-state index is 13.8. The number of aromatic nitrogens is 1. The molecule has 188 valence electrons. The molecule has 0 saturated heterocycles. The highest BCUT2D eigenvalue weighted by Gasteiger charge is 2.35. The van der Waals surface area contributed by atoms with Gasteiger partial charge in [0.1, 0.15) is 17.5 Å². The van der Waals surface area contributed by atoms with Crippen LogP contribution in [0.5, 0.6) is 11.5 Å². The Hall–Kier alpha value is -3.65. The number of carbonyl (C=O) groups excluding carboxylic acids is 1. The van der Waals surface area contributed by atoms with Crippen molar-refractivity contribution in [2.45, 2.75) is 33.7 Å². The average molecular weight is 506 g/mol. The molecule has 0 spiro atoms. The van der Waals surface area contributed by atoms with Crippen molar-refractivity contribution >= 4 is 23.3 Å². The van der Waals surface area contributed by atoms with Crippen LogP contribution in [0.1, 0.15) is 44.9 Å². The van der Waals surface area contributed by atoms with Gasteiger partial charge in [-0.3, -0.25) is 14.2 Å². The normalized spacial score (nSPS) is 15.4. The molecule has 1 amide bonds. The Morgan fingerprint density at radius 2 is 1.81 bits per heavy atom. The lowest BCUT2D eigenvalue weighted by Crippen LogP contribution is -2.43. The lowest BCUT2D eigenvalue weighted by Gasteiger charge is -2.29. The fourth-order valence-electron chi connectivity index (χ4n) is 4.44. The first-order chi connectivity index (χ1) is 17.4. The van der Waals surface area contributed by atoms with Crippen LogP contribution in [0.25, 0.3) is 6.08 Å². The lowest BCUT2D eigenvalue weighted by molar-refractivity contribution is -0.127. The average Bonchev–Trinajstić information content (AvgIpc) is 3.19. The first-order valence-electron chi connectivity index (χ1n) is 12.1. The number of carbonyl (C=O) groups is 1. The van der Waals surface area contributed by atoms with Crippen molar-refractivity contribution in [2.75, 3.05) is 26.8 Å². The lowest BCUT2D eigenvalue weighted by atomic mass is 9.94. The number of fused-ring (bicyclic) bond motifs is 1. The quantitative estimate of drug-likeness (QED) is 0.470. The van der Waals surface area contributed by atoms with Gasteiger partial charge in [0.25, 0.3) is 11.5 Å². The number of benzene rings is 2. The first-order valence-corrected chi connectivity index (χ1v) is 12.9. The molecule has 0 bridgehead atoms. The maximum absolute atomic E-state index is 13.8. The topological polar surface area (TPSA) is 73.1 Å². The molecule has 1 aliphatic rings. The Labute approximate surface area is 214 Å². The highest BCUT2D eigenvalue weighted by atomic mass is 32.1. The molecular weight excluding hydrogens is 474 g/mol. The van der Waals surface area contributed by atoms with E-state index < -0.39 is 6.04 Å². The summed E-state index contributed by atoms with van der Waals surface area (Å²) in [5.74, 6) is 1.27. The number of ether oxygens (including phenoxy) is 2. The molecule has 0 aliphatic carbocycles. The van der Waals surface area contributed by atoms with E-state index in [1.54, 1.807) is 16.6 Å². The monoisotopic (exact) mass is 505 g/mol. The van der Waals surface area contributed by atoms with Gasteiger partial charge in [0.05, 0.1) is 29.5 Å². The zero-order valence-corrected chi connectivity index (χ0v) is 22.1. The second kappa shape index (κ2) is 11.0. The first kappa shape index (κ1) is 25.4. The minimum absolute atomic E-state index is 0.127. The van der Waals surface area contributed by atoms with Crippen LogP contribution in [0.3, 0.4) is 0 Å². The van der Waals surface area contributed by atoms with Crippen molar-refractivity contribution in [3.05, 3.63) is 90.6 Å². The summed E-state index contributed by atoms with van der Waals surface area (Å²) in [6.45, 7) is 9.38. The molecule has 0 N–H and O–H groups in total. The third-order valence-corrected chi connectivity index (χ3v) is 7.21. The third kappa shape index (κ3) is 4.73. The summed E-state index contributed by atoms with van der Waals surface area (Å²) < 4.78 is 13.4. The van der Waals surface area contributed by atoms with E-state index in [4.69, 9.17) is 14.5 Å². The van der Waals surface area contributed by atoms with Crippen LogP contribution in [-0.2, 0) is 4.79 Å².